The Labute approximate surface area is 120 Å². The SMILES string of the molecule is O=[N+]([O-])c1cccnc1N1CC=Cc2cccc(Cl)c21. The molecule has 1 aromatic heterocycles. The van der Waals surface area contributed by atoms with E-state index in [9.17, 15) is 10.1 Å². The number of fused-ring (bicyclic) bond motifs is 1. The van der Waals surface area contributed by atoms with Crippen molar-refractivity contribution in [3.05, 3.63) is 63.3 Å². The van der Waals surface area contributed by atoms with Gasteiger partial charge in [-0.25, -0.2) is 4.98 Å². The zero-order valence-electron chi connectivity index (χ0n) is 10.4. The maximum Gasteiger partial charge on any atom is 0.311 e. The van der Waals surface area contributed by atoms with E-state index in [1.54, 1.807) is 17.0 Å². The molecule has 100 valence electrons. The molecular weight excluding hydrogens is 278 g/mol. The van der Waals surface area contributed by atoms with Gasteiger partial charge in [0.2, 0.25) is 5.82 Å². The quantitative estimate of drug-likeness (QED) is 0.622. The minimum Gasteiger partial charge on any atom is -0.315 e. The highest BCUT2D eigenvalue weighted by Gasteiger charge is 2.25. The Balaban J connectivity index is 2.19. The van der Waals surface area contributed by atoms with Crippen LogP contribution in [0.25, 0.3) is 6.08 Å². The number of anilines is 2. The minimum atomic E-state index is -0.433. The first kappa shape index (κ1) is 12.6. The molecular formula is C14H10ClN3O2. The number of pyridine rings is 1. The highest BCUT2D eigenvalue weighted by molar-refractivity contribution is 6.33. The summed E-state index contributed by atoms with van der Waals surface area (Å²) in [6, 6.07) is 8.52. The van der Waals surface area contributed by atoms with E-state index in [2.05, 4.69) is 4.98 Å². The van der Waals surface area contributed by atoms with Gasteiger partial charge in [-0.15, -0.1) is 0 Å². The van der Waals surface area contributed by atoms with E-state index in [1.165, 1.54) is 12.3 Å². The maximum atomic E-state index is 11.1. The first-order chi connectivity index (χ1) is 9.68. The third-order valence-corrected chi connectivity index (χ3v) is 3.40. The summed E-state index contributed by atoms with van der Waals surface area (Å²) in [5.41, 5.74) is 1.64. The Hall–Kier alpha value is -2.40. The molecule has 0 unspecified atom stereocenters. The van der Waals surface area contributed by atoms with Gasteiger partial charge in [0, 0.05) is 18.8 Å². The molecule has 0 N–H and O–H groups in total. The first-order valence-electron chi connectivity index (χ1n) is 6.00. The van der Waals surface area contributed by atoms with Crippen LogP contribution in [0.15, 0.2) is 42.6 Å². The molecule has 0 atom stereocenters. The molecule has 0 spiro atoms. The van der Waals surface area contributed by atoms with Gasteiger partial charge >= 0.3 is 5.69 Å². The van der Waals surface area contributed by atoms with Crippen LogP contribution in [0.2, 0.25) is 5.02 Å². The van der Waals surface area contributed by atoms with Crippen LogP contribution in [0.1, 0.15) is 5.56 Å². The lowest BCUT2D eigenvalue weighted by atomic mass is 10.1. The van der Waals surface area contributed by atoms with E-state index in [-0.39, 0.29) is 5.69 Å². The number of aromatic nitrogens is 1. The van der Waals surface area contributed by atoms with Crippen LogP contribution in [0.3, 0.4) is 0 Å². The molecule has 0 saturated carbocycles. The normalized spacial score (nSPS) is 13.2. The van der Waals surface area contributed by atoms with Crippen molar-refractivity contribution >= 4 is 34.9 Å². The van der Waals surface area contributed by atoms with E-state index >= 15 is 0 Å². The summed E-state index contributed by atoms with van der Waals surface area (Å²) in [4.78, 5) is 16.6. The molecule has 6 heteroatoms. The lowest BCUT2D eigenvalue weighted by Gasteiger charge is -2.27. The van der Waals surface area contributed by atoms with Gasteiger partial charge in [-0.3, -0.25) is 10.1 Å². The van der Waals surface area contributed by atoms with Crippen LogP contribution in [-0.4, -0.2) is 16.5 Å². The monoisotopic (exact) mass is 287 g/mol. The first-order valence-corrected chi connectivity index (χ1v) is 6.38. The van der Waals surface area contributed by atoms with Gasteiger partial charge in [0.25, 0.3) is 0 Å². The van der Waals surface area contributed by atoms with Crippen molar-refractivity contribution in [3.8, 4) is 0 Å². The summed E-state index contributed by atoms with van der Waals surface area (Å²) in [6.07, 6.45) is 5.42. The zero-order chi connectivity index (χ0) is 14.1. The fourth-order valence-corrected chi connectivity index (χ4v) is 2.54. The Bertz CT molecular complexity index is 715. The molecule has 1 aliphatic heterocycles. The third kappa shape index (κ3) is 2.02. The predicted octanol–water partition coefficient (Wildman–Crippen LogP) is 3.81. The van der Waals surface area contributed by atoms with Crippen molar-refractivity contribution in [3.63, 3.8) is 0 Å². The molecule has 0 amide bonds. The van der Waals surface area contributed by atoms with Crippen molar-refractivity contribution in [2.75, 3.05) is 11.4 Å². The second-order valence-electron chi connectivity index (χ2n) is 4.29. The molecule has 1 aromatic carbocycles. The van der Waals surface area contributed by atoms with Crippen LogP contribution in [0.5, 0.6) is 0 Å². The summed E-state index contributed by atoms with van der Waals surface area (Å²) in [6.45, 7) is 0.495. The van der Waals surface area contributed by atoms with Crippen molar-refractivity contribution in [2.24, 2.45) is 0 Å². The molecule has 0 bridgehead atoms. The number of nitro groups is 1. The average molecular weight is 288 g/mol. The molecule has 0 radical (unpaired) electrons. The molecule has 2 heterocycles. The summed E-state index contributed by atoms with van der Waals surface area (Å²) < 4.78 is 0. The average Bonchev–Trinajstić information content (AvgIpc) is 2.47. The number of halogens is 1. The number of nitrogens with zero attached hydrogens (tertiary/aromatic N) is 3. The summed E-state index contributed by atoms with van der Waals surface area (Å²) in [7, 11) is 0. The lowest BCUT2D eigenvalue weighted by molar-refractivity contribution is -0.384. The lowest BCUT2D eigenvalue weighted by Crippen LogP contribution is -2.22. The van der Waals surface area contributed by atoms with E-state index in [1.807, 2.05) is 24.3 Å². The Morgan fingerprint density at radius 1 is 1.30 bits per heavy atom. The second-order valence-corrected chi connectivity index (χ2v) is 4.70. The summed E-state index contributed by atoms with van der Waals surface area (Å²) in [5.74, 6) is 0.302. The van der Waals surface area contributed by atoms with Crippen LogP contribution in [-0.2, 0) is 0 Å². The predicted molar refractivity (Wildman–Crippen MR) is 78.4 cm³/mol. The van der Waals surface area contributed by atoms with E-state index < -0.39 is 4.92 Å². The second kappa shape index (κ2) is 4.94. The zero-order valence-corrected chi connectivity index (χ0v) is 11.1. The van der Waals surface area contributed by atoms with E-state index in [0.717, 1.165) is 11.3 Å². The fourth-order valence-electron chi connectivity index (χ4n) is 2.26. The highest BCUT2D eigenvalue weighted by atomic mass is 35.5. The van der Waals surface area contributed by atoms with Crippen LogP contribution >= 0.6 is 11.6 Å². The summed E-state index contributed by atoms with van der Waals surface area (Å²) in [5, 5.41) is 11.7. The van der Waals surface area contributed by atoms with Gasteiger partial charge < -0.3 is 4.90 Å². The number of rotatable bonds is 2. The summed E-state index contributed by atoms with van der Waals surface area (Å²) >= 11 is 6.25. The van der Waals surface area contributed by atoms with Gasteiger partial charge in [0.15, 0.2) is 0 Å². The van der Waals surface area contributed by atoms with E-state index in [4.69, 9.17) is 11.6 Å². The molecule has 5 nitrogen and oxygen atoms in total. The Morgan fingerprint density at radius 3 is 2.95 bits per heavy atom. The van der Waals surface area contributed by atoms with Crippen LogP contribution in [0, 0.1) is 10.1 Å². The number of hydrogen-bond donors (Lipinski definition) is 0. The number of benzene rings is 1. The van der Waals surface area contributed by atoms with Crippen LogP contribution < -0.4 is 4.90 Å². The largest absolute Gasteiger partial charge is 0.315 e. The maximum absolute atomic E-state index is 11.1. The Morgan fingerprint density at radius 2 is 2.15 bits per heavy atom. The molecule has 0 saturated heterocycles. The molecule has 2 aromatic rings. The topological polar surface area (TPSA) is 59.3 Å². The van der Waals surface area contributed by atoms with Gasteiger partial charge in [-0.1, -0.05) is 35.9 Å². The number of hydrogen-bond acceptors (Lipinski definition) is 4. The van der Waals surface area contributed by atoms with Crippen molar-refractivity contribution < 1.29 is 4.92 Å². The molecule has 0 fully saturated rings. The van der Waals surface area contributed by atoms with E-state index in [0.29, 0.717) is 17.4 Å². The Kier molecular flexibility index (Phi) is 3.12. The third-order valence-electron chi connectivity index (χ3n) is 3.09. The fraction of sp³-hybridized carbons (Fsp3) is 0.0714. The van der Waals surface area contributed by atoms with Crippen molar-refractivity contribution in [1.82, 2.24) is 4.98 Å². The standard InChI is InChI=1S/C14H10ClN3O2/c15-11-6-1-4-10-5-3-9-17(13(10)11)14-12(18(19)20)7-2-8-16-14/h1-8H,9H2. The van der Waals surface area contributed by atoms with Gasteiger partial charge in [0.1, 0.15) is 0 Å². The molecule has 0 aliphatic carbocycles. The van der Waals surface area contributed by atoms with Gasteiger partial charge in [0.05, 0.1) is 15.6 Å². The number of para-hydroxylation sites is 1. The molecule has 20 heavy (non-hydrogen) atoms. The minimum absolute atomic E-state index is 0.0336. The molecule has 3 rings (SSSR count). The van der Waals surface area contributed by atoms with Crippen molar-refractivity contribution in [2.45, 2.75) is 0 Å². The van der Waals surface area contributed by atoms with Gasteiger partial charge in [-0.05, 0) is 17.7 Å². The molecule has 1 aliphatic rings. The smallest absolute Gasteiger partial charge is 0.311 e. The highest BCUT2D eigenvalue weighted by Crippen LogP contribution is 2.40. The van der Waals surface area contributed by atoms with Gasteiger partial charge in [-0.2, -0.15) is 0 Å². The van der Waals surface area contributed by atoms with Crippen molar-refractivity contribution in [1.29, 1.82) is 0 Å². The van der Waals surface area contributed by atoms with Crippen LogP contribution in [0.4, 0.5) is 17.2 Å².